The molecular weight excluding hydrogens is 354 g/mol. The molecule has 1 atom stereocenters. The minimum atomic E-state index is -0.374. The van der Waals surface area contributed by atoms with Crippen LogP contribution in [0.3, 0.4) is 0 Å². The molecule has 1 amide bonds. The van der Waals surface area contributed by atoms with E-state index in [4.69, 9.17) is 10.1 Å². The molecule has 140 valence electrons. The number of imidazole rings is 1. The molecule has 1 aromatic carbocycles. The van der Waals surface area contributed by atoms with E-state index in [0.29, 0.717) is 18.1 Å². The van der Waals surface area contributed by atoms with E-state index in [1.807, 2.05) is 42.5 Å². The third-order valence-corrected chi connectivity index (χ3v) is 4.24. The second-order valence-electron chi connectivity index (χ2n) is 6.31. The molecule has 3 heterocycles. The van der Waals surface area contributed by atoms with Crippen LogP contribution in [0.4, 0.5) is 0 Å². The van der Waals surface area contributed by atoms with Gasteiger partial charge in [-0.3, -0.25) is 9.78 Å². The van der Waals surface area contributed by atoms with Crippen molar-refractivity contribution in [2.24, 2.45) is 0 Å². The van der Waals surface area contributed by atoms with Gasteiger partial charge in [0.2, 0.25) is 5.91 Å². The molecule has 0 aliphatic carbocycles. The van der Waals surface area contributed by atoms with Gasteiger partial charge >= 0.3 is 0 Å². The number of amides is 1. The van der Waals surface area contributed by atoms with Gasteiger partial charge in [-0.1, -0.05) is 18.2 Å². The van der Waals surface area contributed by atoms with Crippen LogP contribution in [-0.4, -0.2) is 35.6 Å². The van der Waals surface area contributed by atoms with Crippen LogP contribution in [0.1, 0.15) is 24.5 Å². The van der Waals surface area contributed by atoms with Crippen molar-refractivity contribution >= 4 is 5.91 Å². The Labute approximate surface area is 161 Å². The zero-order valence-electron chi connectivity index (χ0n) is 15.3. The quantitative estimate of drug-likeness (QED) is 0.541. The third-order valence-electron chi connectivity index (χ3n) is 4.24. The van der Waals surface area contributed by atoms with E-state index in [1.165, 1.54) is 6.92 Å². The summed E-state index contributed by atoms with van der Waals surface area (Å²) >= 11 is 0. The Balaban J connectivity index is 1.82. The lowest BCUT2D eigenvalue weighted by molar-refractivity contribution is -0.119. The van der Waals surface area contributed by atoms with Crippen molar-refractivity contribution in [3.05, 3.63) is 78.9 Å². The molecule has 0 spiro atoms. The van der Waals surface area contributed by atoms with Gasteiger partial charge in [-0.15, -0.1) is 5.10 Å². The van der Waals surface area contributed by atoms with Crippen molar-refractivity contribution in [3.63, 3.8) is 0 Å². The number of hydrogen-bond donors (Lipinski definition) is 2. The molecule has 8 heteroatoms. The van der Waals surface area contributed by atoms with Gasteiger partial charge in [-0.2, -0.15) is 0 Å². The van der Waals surface area contributed by atoms with Crippen molar-refractivity contribution in [2.45, 2.75) is 19.4 Å². The number of hydrogen-bond acceptors (Lipinski definition) is 5. The van der Waals surface area contributed by atoms with E-state index in [-0.39, 0.29) is 11.9 Å². The van der Waals surface area contributed by atoms with E-state index in [0.717, 1.165) is 16.9 Å². The maximum atomic E-state index is 11.9. The number of carbonyl (C=O) groups is 1. The first-order valence-corrected chi connectivity index (χ1v) is 8.88. The Bertz CT molecular complexity index is 1040. The Hall–Kier alpha value is -3.81. The van der Waals surface area contributed by atoms with Crippen molar-refractivity contribution in [1.29, 1.82) is 0 Å². The summed E-state index contributed by atoms with van der Waals surface area (Å²) in [4.78, 5) is 27.8. The molecule has 0 saturated carbocycles. The molecule has 0 saturated heterocycles. The van der Waals surface area contributed by atoms with Crippen LogP contribution in [0.5, 0.6) is 0 Å². The Morgan fingerprint density at radius 3 is 2.61 bits per heavy atom. The van der Waals surface area contributed by atoms with Crippen LogP contribution in [0.15, 0.2) is 67.4 Å². The molecule has 4 aromatic rings. The molecule has 0 radical (unpaired) electrons. The number of aromatic nitrogens is 6. The number of nitrogens with zero attached hydrogens (tertiary/aromatic N) is 5. The zero-order chi connectivity index (χ0) is 19.3. The first-order valence-electron chi connectivity index (χ1n) is 8.88. The first-order chi connectivity index (χ1) is 13.7. The number of rotatable bonds is 6. The molecule has 0 aliphatic heterocycles. The van der Waals surface area contributed by atoms with Crippen LogP contribution in [-0.2, 0) is 11.2 Å². The highest BCUT2D eigenvalue weighted by molar-refractivity contribution is 5.73. The molecule has 0 bridgehead atoms. The van der Waals surface area contributed by atoms with Gasteiger partial charge in [-0.05, 0) is 24.3 Å². The molecular formula is C20H19N7O. The molecule has 4 rings (SSSR count). The van der Waals surface area contributed by atoms with Crippen LogP contribution in [0.25, 0.3) is 17.1 Å². The fourth-order valence-electron chi connectivity index (χ4n) is 3.00. The molecule has 2 N–H and O–H groups in total. The predicted octanol–water partition coefficient (Wildman–Crippen LogP) is 2.47. The summed E-state index contributed by atoms with van der Waals surface area (Å²) in [6, 6.07) is 13.1. The van der Waals surface area contributed by atoms with Gasteiger partial charge in [0.25, 0.3) is 0 Å². The fourth-order valence-corrected chi connectivity index (χ4v) is 3.00. The number of pyridine rings is 1. The lowest BCUT2D eigenvalue weighted by Crippen LogP contribution is -2.30. The number of para-hydroxylation sites is 1. The second kappa shape index (κ2) is 7.83. The van der Waals surface area contributed by atoms with Crippen LogP contribution in [0.2, 0.25) is 0 Å². The van der Waals surface area contributed by atoms with Crippen LogP contribution >= 0.6 is 0 Å². The summed E-state index contributed by atoms with van der Waals surface area (Å²) in [5.74, 6) is 1.07. The summed E-state index contributed by atoms with van der Waals surface area (Å²) in [7, 11) is 0. The first kappa shape index (κ1) is 17.6. The van der Waals surface area contributed by atoms with E-state index in [1.54, 1.807) is 29.6 Å². The Kier molecular flexibility index (Phi) is 4.92. The molecule has 3 aromatic heterocycles. The maximum absolute atomic E-state index is 11.9. The molecule has 8 nitrogen and oxygen atoms in total. The summed E-state index contributed by atoms with van der Waals surface area (Å²) < 4.78 is 1.77. The summed E-state index contributed by atoms with van der Waals surface area (Å²) in [5, 5.41) is 7.70. The minimum Gasteiger partial charge on any atom is -0.348 e. The molecule has 28 heavy (non-hydrogen) atoms. The van der Waals surface area contributed by atoms with Gasteiger partial charge in [0.1, 0.15) is 0 Å². The van der Waals surface area contributed by atoms with Crippen molar-refractivity contribution < 1.29 is 4.79 Å². The van der Waals surface area contributed by atoms with Crippen LogP contribution < -0.4 is 5.32 Å². The van der Waals surface area contributed by atoms with E-state index >= 15 is 0 Å². The topological polar surface area (TPSA) is 101 Å². The highest BCUT2D eigenvalue weighted by Gasteiger charge is 2.23. The van der Waals surface area contributed by atoms with Crippen LogP contribution in [0, 0.1) is 0 Å². The number of H-pyrrole nitrogens is 1. The summed E-state index contributed by atoms with van der Waals surface area (Å²) in [5.41, 5.74) is 2.62. The van der Waals surface area contributed by atoms with Gasteiger partial charge in [0.15, 0.2) is 11.6 Å². The zero-order valence-corrected chi connectivity index (χ0v) is 15.3. The average molecular weight is 373 g/mol. The second-order valence-corrected chi connectivity index (χ2v) is 6.31. The van der Waals surface area contributed by atoms with Gasteiger partial charge in [0, 0.05) is 43.2 Å². The Morgan fingerprint density at radius 1 is 1.14 bits per heavy atom. The average Bonchev–Trinajstić information content (AvgIpc) is 3.38. The van der Waals surface area contributed by atoms with Crippen molar-refractivity contribution in [2.75, 3.05) is 0 Å². The van der Waals surface area contributed by atoms with Gasteiger partial charge < -0.3 is 10.3 Å². The summed E-state index contributed by atoms with van der Waals surface area (Å²) in [6.07, 6.45) is 7.27. The number of nitrogens with one attached hydrogen (secondary N) is 2. The highest BCUT2D eigenvalue weighted by atomic mass is 16.1. The van der Waals surface area contributed by atoms with E-state index < -0.39 is 0 Å². The summed E-state index contributed by atoms with van der Waals surface area (Å²) in [6.45, 7) is 1.49. The predicted molar refractivity (Wildman–Crippen MR) is 103 cm³/mol. The molecule has 0 unspecified atom stereocenters. The van der Waals surface area contributed by atoms with E-state index in [9.17, 15) is 4.79 Å². The fraction of sp³-hybridized carbons (Fsp3) is 0.150. The maximum Gasteiger partial charge on any atom is 0.217 e. The van der Waals surface area contributed by atoms with Gasteiger partial charge in [0.05, 0.1) is 18.1 Å². The lowest BCUT2D eigenvalue weighted by atomic mass is 10.1. The normalized spacial score (nSPS) is 11.9. The monoisotopic (exact) mass is 373 g/mol. The van der Waals surface area contributed by atoms with E-state index in [2.05, 4.69) is 20.3 Å². The van der Waals surface area contributed by atoms with Crippen molar-refractivity contribution in [1.82, 2.24) is 35.0 Å². The van der Waals surface area contributed by atoms with Gasteiger partial charge in [-0.25, -0.2) is 14.6 Å². The highest BCUT2D eigenvalue weighted by Crippen LogP contribution is 2.23. The SMILES string of the molecule is CC(=O)N[C@@H](Cc1cnc[nH]1)c1nc(-c2ccncc2)nn1-c1ccccc1. The number of carbonyl (C=O) groups excluding carboxylic acids is 1. The standard InChI is InChI=1S/C20H19N7O/c1-14(28)24-18(11-16-12-22-13-23-16)20-25-19(15-7-9-21-10-8-15)26-27(20)17-5-3-2-4-6-17/h2-10,12-13,18H,11H2,1H3,(H,22,23)(H,24,28)/t18-/m0/s1. The smallest absolute Gasteiger partial charge is 0.217 e. The minimum absolute atomic E-state index is 0.141. The molecule has 0 aliphatic rings. The Morgan fingerprint density at radius 2 is 1.93 bits per heavy atom. The lowest BCUT2D eigenvalue weighted by Gasteiger charge is -2.17. The van der Waals surface area contributed by atoms with Crippen molar-refractivity contribution in [3.8, 4) is 17.1 Å². The third kappa shape index (κ3) is 3.80. The largest absolute Gasteiger partial charge is 0.348 e. The molecule has 0 fully saturated rings. The number of aromatic amines is 1. The number of benzene rings is 1.